The lowest BCUT2D eigenvalue weighted by atomic mass is 9.92. The van der Waals surface area contributed by atoms with Gasteiger partial charge in [-0.05, 0) is 38.3 Å². The summed E-state index contributed by atoms with van der Waals surface area (Å²) in [4.78, 5) is 0. The van der Waals surface area contributed by atoms with Gasteiger partial charge < -0.3 is 10.4 Å². The van der Waals surface area contributed by atoms with E-state index in [9.17, 15) is 5.11 Å². The largest absolute Gasteiger partial charge is 0.394 e. The first kappa shape index (κ1) is 10.6. The van der Waals surface area contributed by atoms with Crippen LogP contribution in [-0.4, -0.2) is 33.6 Å². The van der Waals surface area contributed by atoms with Gasteiger partial charge in [0, 0.05) is 24.5 Å². The fourth-order valence-electron chi connectivity index (χ4n) is 2.31. The van der Waals surface area contributed by atoms with Gasteiger partial charge >= 0.3 is 0 Å². The summed E-state index contributed by atoms with van der Waals surface area (Å²) < 4.78 is 1.90. The topological polar surface area (TPSA) is 50.1 Å². The van der Waals surface area contributed by atoms with Gasteiger partial charge in [0.05, 0.1) is 6.61 Å². The standard InChI is InChI=1S/C11H19N3O/c1-14-10(4-8-13-14)3-6-11(9-15)5-2-7-12-11/h4,8,12,15H,2-3,5-7,9H2,1H3. The third kappa shape index (κ3) is 2.21. The van der Waals surface area contributed by atoms with Crippen molar-refractivity contribution in [2.24, 2.45) is 7.05 Å². The van der Waals surface area contributed by atoms with E-state index < -0.39 is 0 Å². The van der Waals surface area contributed by atoms with Crippen LogP contribution in [0.15, 0.2) is 12.3 Å². The Kier molecular flexibility index (Phi) is 3.07. The van der Waals surface area contributed by atoms with Crippen molar-refractivity contribution in [2.75, 3.05) is 13.2 Å². The lowest BCUT2D eigenvalue weighted by Crippen LogP contribution is -2.43. The van der Waals surface area contributed by atoms with Crippen molar-refractivity contribution in [1.82, 2.24) is 15.1 Å². The molecular weight excluding hydrogens is 190 g/mol. The highest BCUT2D eigenvalue weighted by Crippen LogP contribution is 2.24. The summed E-state index contributed by atoms with van der Waals surface area (Å²) in [6.07, 6.45) is 6.05. The molecule has 1 aliphatic heterocycles. The molecule has 0 radical (unpaired) electrons. The maximum Gasteiger partial charge on any atom is 0.0613 e. The number of aromatic nitrogens is 2. The Morgan fingerprint density at radius 2 is 2.53 bits per heavy atom. The minimum atomic E-state index is -0.0374. The van der Waals surface area contributed by atoms with Gasteiger partial charge in [-0.2, -0.15) is 5.10 Å². The first-order valence-corrected chi connectivity index (χ1v) is 5.59. The number of hydrogen-bond acceptors (Lipinski definition) is 3. The highest BCUT2D eigenvalue weighted by atomic mass is 16.3. The maximum absolute atomic E-state index is 9.43. The van der Waals surface area contributed by atoms with Crippen molar-refractivity contribution in [1.29, 1.82) is 0 Å². The molecule has 1 aromatic heterocycles. The van der Waals surface area contributed by atoms with Gasteiger partial charge in [-0.3, -0.25) is 4.68 Å². The van der Waals surface area contributed by atoms with Gasteiger partial charge in [0.15, 0.2) is 0 Å². The Morgan fingerprint density at radius 3 is 3.07 bits per heavy atom. The van der Waals surface area contributed by atoms with E-state index in [0.717, 1.165) is 25.8 Å². The van der Waals surface area contributed by atoms with E-state index in [4.69, 9.17) is 0 Å². The molecular formula is C11H19N3O. The van der Waals surface area contributed by atoms with E-state index in [-0.39, 0.29) is 12.1 Å². The van der Waals surface area contributed by atoms with E-state index in [2.05, 4.69) is 10.4 Å². The van der Waals surface area contributed by atoms with Crippen molar-refractivity contribution in [2.45, 2.75) is 31.2 Å². The van der Waals surface area contributed by atoms with Gasteiger partial charge in [-0.1, -0.05) is 0 Å². The highest BCUT2D eigenvalue weighted by molar-refractivity contribution is 5.03. The van der Waals surface area contributed by atoms with E-state index in [1.54, 1.807) is 0 Å². The van der Waals surface area contributed by atoms with Crippen LogP contribution in [0.2, 0.25) is 0 Å². The zero-order valence-electron chi connectivity index (χ0n) is 9.24. The van der Waals surface area contributed by atoms with Crippen LogP contribution in [0.4, 0.5) is 0 Å². The lowest BCUT2D eigenvalue weighted by Gasteiger charge is -2.27. The maximum atomic E-state index is 9.43. The van der Waals surface area contributed by atoms with Crippen LogP contribution in [-0.2, 0) is 13.5 Å². The number of aryl methyl sites for hydroxylation is 2. The van der Waals surface area contributed by atoms with Crippen molar-refractivity contribution in [3.05, 3.63) is 18.0 Å². The molecule has 84 valence electrons. The number of aliphatic hydroxyl groups is 1. The summed E-state index contributed by atoms with van der Waals surface area (Å²) in [6.45, 7) is 1.27. The Bertz CT molecular complexity index is 315. The molecule has 1 saturated heterocycles. The van der Waals surface area contributed by atoms with Gasteiger partial charge in [0.1, 0.15) is 0 Å². The zero-order chi connectivity index (χ0) is 10.7. The molecule has 15 heavy (non-hydrogen) atoms. The molecule has 1 aliphatic rings. The average molecular weight is 209 g/mol. The fourth-order valence-corrected chi connectivity index (χ4v) is 2.31. The second-order valence-electron chi connectivity index (χ2n) is 4.41. The van der Waals surface area contributed by atoms with E-state index in [1.165, 1.54) is 12.1 Å². The van der Waals surface area contributed by atoms with E-state index in [0.29, 0.717) is 0 Å². The Balaban J connectivity index is 1.94. The predicted octanol–water partition coefficient (Wildman–Crippen LogP) is 0.467. The predicted molar refractivity (Wildman–Crippen MR) is 58.6 cm³/mol. The smallest absolute Gasteiger partial charge is 0.0613 e. The number of nitrogens with zero attached hydrogens (tertiary/aromatic N) is 2. The molecule has 1 aromatic rings. The van der Waals surface area contributed by atoms with Crippen LogP contribution < -0.4 is 5.32 Å². The molecule has 2 heterocycles. The third-order valence-corrected chi connectivity index (χ3v) is 3.42. The van der Waals surface area contributed by atoms with Crippen LogP contribution in [0.25, 0.3) is 0 Å². The van der Waals surface area contributed by atoms with E-state index >= 15 is 0 Å². The van der Waals surface area contributed by atoms with Gasteiger partial charge in [0.2, 0.25) is 0 Å². The first-order valence-electron chi connectivity index (χ1n) is 5.59. The molecule has 1 atom stereocenters. The number of rotatable bonds is 4. The SMILES string of the molecule is Cn1nccc1CCC1(CO)CCCN1. The summed E-state index contributed by atoms with van der Waals surface area (Å²) >= 11 is 0. The summed E-state index contributed by atoms with van der Waals surface area (Å²) in [5.74, 6) is 0. The molecule has 4 heteroatoms. The summed E-state index contributed by atoms with van der Waals surface area (Å²) in [6, 6.07) is 2.04. The summed E-state index contributed by atoms with van der Waals surface area (Å²) in [7, 11) is 1.96. The molecule has 0 saturated carbocycles. The van der Waals surface area contributed by atoms with Crippen molar-refractivity contribution >= 4 is 0 Å². The number of nitrogens with one attached hydrogen (secondary N) is 1. The third-order valence-electron chi connectivity index (χ3n) is 3.42. The lowest BCUT2D eigenvalue weighted by molar-refractivity contribution is 0.168. The van der Waals surface area contributed by atoms with Gasteiger partial charge in [0.25, 0.3) is 0 Å². The van der Waals surface area contributed by atoms with Crippen LogP contribution in [0.5, 0.6) is 0 Å². The average Bonchev–Trinajstić information content (AvgIpc) is 2.85. The second-order valence-corrected chi connectivity index (χ2v) is 4.41. The molecule has 0 spiro atoms. The fraction of sp³-hybridized carbons (Fsp3) is 0.727. The monoisotopic (exact) mass is 209 g/mol. The molecule has 2 N–H and O–H groups in total. The van der Waals surface area contributed by atoms with Crippen LogP contribution >= 0.6 is 0 Å². The normalized spacial score (nSPS) is 26.0. The highest BCUT2D eigenvalue weighted by Gasteiger charge is 2.32. The van der Waals surface area contributed by atoms with Crippen molar-refractivity contribution in [3.63, 3.8) is 0 Å². The molecule has 0 amide bonds. The quantitative estimate of drug-likeness (QED) is 0.758. The summed E-state index contributed by atoms with van der Waals surface area (Å²) in [5.41, 5.74) is 1.20. The number of hydrogen-bond donors (Lipinski definition) is 2. The molecule has 4 nitrogen and oxygen atoms in total. The molecule has 0 aliphatic carbocycles. The molecule has 1 unspecified atom stereocenters. The first-order chi connectivity index (χ1) is 7.26. The minimum absolute atomic E-state index is 0.0374. The minimum Gasteiger partial charge on any atom is -0.394 e. The summed E-state index contributed by atoms with van der Waals surface area (Å²) in [5, 5.41) is 17.0. The zero-order valence-corrected chi connectivity index (χ0v) is 9.24. The van der Waals surface area contributed by atoms with Crippen LogP contribution in [0, 0.1) is 0 Å². The van der Waals surface area contributed by atoms with Crippen molar-refractivity contribution in [3.8, 4) is 0 Å². The van der Waals surface area contributed by atoms with Crippen LogP contribution in [0.1, 0.15) is 25.0 Å². The number of aliphatic hydroxyl groups excluding tert-OH is 1. The van der Waals surface area contributed by atoms with E-state index in [1.807, 2.05) is 24.0 Å². The Hall–Kier alpha value is -0.870. The molecule has 0 bridgehead atoms. The Morgan fingerprint density at radius 1 is 1.67 bits per heavy atom. The molecule has 0 aromatic carbocycles. The van der Waals surface area contributed by atoms with Gasteiger partial charge in [-0.15, -0.1) is 0 Å². The second kappa shape index (κ2) is 4.33. The Labute approximate surface area is 90.3 Å². The molecule has 1 fully saturated rings. The van der Waals surface area contributed by atoms with Crippen molar-refractivity contribution < 1.29 is 5.11 Å². The molecule has 2 rings (SSSR count). The van der Waals surface area contributed by atoms with Crippen LogP contribution in [0.3, 0.4) is 0 Å². The van der Waals surface area contributed by atoms with Gasteiger partial charge in [-0.25, -0.2) is 0 Å².